The Kier molecular flexibility index (Phi) is 10.4. The fraction of sp³-hybridized carbons (Fsp3) is 0.593. The second-order valence-electron chi connectivity index (χ2n) is 9.31. The number of ether oxygens (including phenoxy) is 1. The lowest BCUT2D eigenvalue weighted by Crippen LogP contribution is -2.41. The first-order valence-electron chi connectivity index (χ1n) is 13.1. The molecular weight excluding hydrogens is 508 g/mol. The lowest BCUT2D eigenvalue weighted by atomic mass is 9.95. The number of rotatable bonds is 10. The number of amides is 1. The Hall–Kier alpha value is -2.64. The minimum atomic E-state index is -0.342. The van der Waals surface area contributed by atoms with Crippen LogP contribution in [0.15, 0.2) is 9.70 Å². The van der Waals surface area contributed by atoms with Crippen molar-refractivity contribution >= 4 is 52.1 Å². The maximum absolute atomic E-state index is 13.3. The number of hydrogen-bond donors (Lipinski definition) is 0. The molecule has 0 spiro atoms. The number of thioether (sulfide) groups is 1. The average molecular weight is 545 g/mol. The van der Waals surface area contributed by atoms with Gasteiger partial charge in [0.15, 0.2) is 0 Å². The Labute approximate surface area is 228 Å². The van der Waals surface area contributed by atoms with Crippen molar-refractivity contribution in [2.24, 2.45) is 5.92 Å². The number of anilines is 1. The van der Waals surface area contributed by atoms with E-state index < -0.39 is 0 Å². The predicted molar refractivity (Wildman–Crippen MR) is 151 cm³/mol. The lowest BCUT2D eigenvalue weighted by Gasteiger charge is -2.35. The van der Waals surface area contributed by atoms with Gasteiger partial charge in [-0.15, -0.1) is 0 Å². The third-order valence-corrected chi connectivity index (χ3v) is 8.34. The van der Waals surface area contributed by atoms with E-state index in [9.17, 15) is 19.6 Å². The number of carbonyl (C=O) groups excluding carboxylic acids is 2. The zero-order chi connectivity index (χ0) is 27.1. The number of aromatic nitrogens is 1. The predicted octanol–water partition coefficient (Wildman–Crippen LogP) is 4.61. The SMILES string of the molecule is CCCCCCN1C(=O)C(=Cc2c(C)c(C#N)c(=O)n(CC)c2N2CCC(C(=O)OCC)CC2)SC1=S. The van der Waals surface area contributed by atoms with Crippen molar-refractivity contribution in [3.8, 4) is 6.07 Å². The van der Waals surface area contributed by atoms with Crippen molar-refractivity contribution in [2.45, 2.75) is 72.8 Å². The first-order chi connectivity index (χ1) is 17.8. The van der Waals surface area contributed by atoms with Crippen LogP contribution in [-0.2, 0) is 20.9 Å². The Morgan fingerprint density at radius 2 is 1.89 bits per heavy atom. The van der Waals surface area contributed by atoms with Crippen molar-refractivity contribution in [2.75, 3.05) is 31.1 Å². The summed E-state index contributed by atoms with van der Waals surface area (Å²) in [6, 6.07) is 2.07. The van der Waals surface area contributed by atoms with E-state index in [2.05, 4.69) is 17.9 Å². The molecule has 3 rings (SSSR count). The number of nitrogens with zero attached hydrogens (tertiary/aromatic N) is 4. The van der Waals surface area contributed by atoms with Crippen LogP contribution in [0.1, 0.15) is 76.0 Å². The van der Waals surface area contributed by atoms with Gasteiger partial charge in [-0.2, -0.15) is 5.26 Å². The number of pyridine rings is 1. The molecule has 1 aromatic heterocycles. The lowest BCUT2D eigenvalue weighted by molar-refractivity contribution is -0.148. The van der Waals surface area contributed by atoms with Gasteiger partial charge in [-0.3, -0.25) is 23.9 Å². The third kappa shape index (κ3) is 6.27. The van der Waals surface area contributed by atoms with Gasteiger partial charge >= 0.3 is 5.97 Å². The smallest absolute Gasteiger partial charge is 0.309 e. The average Bonchev–Trinajstić information content (AvgIpc) is 3.15. The van der Waals surface area contributed by atoms with Crippen LogP contribution in [0.4, 0.5) is 5.82 Å². The summed E-state index contributed by atoms with van der Waals surface area (Å²) in [5.74, 6) is 0.184. The standard InChI is InChI=1S/C27H36N4O4S2/c1-5-8-9-10-13-31-25(33)22(37-27(31)36)16-20-18(4)21(17-28)24(32)30(6-2)23(20)29-14-11-19(12-15-29)26(34)35-7-3/h16,19H,5-15H2,1-4H3. The number of carbonyl (C=O) groups is 2. The summed E-state index contributed by atoms with van der Waals surface area (Å²) in [6.07, 6.45) is 7.18. The minimum absolute atomic E-state index is 0.0771. The first kappa shape index (κ1) is 28.9. The Bertz CT molecular complexity index is 1180. The zero-order valence-corrected chi connectivity index (χ0v) is 23.8. The van der Waals surface area contributed by atoms with E-state index in [4.69, 9.17) is 17.0 Å². The largest absolute Gasteiger partial charge is 0.466 e. The van der Waals surface area contributed by atoms with Crippen LogP contribution in [0.25, 0.3) is 6.08 Å². The quantitative estimate of drug-likeness (QED) is 0.182. The van der Waals surface area contributed by atoms with Gasteiger partial charge < -0.3 is 9.64 Å². The van der Waals surface area contributed by atoms with Crippen LogP contribution in [0, 0.1) is 24.2 Å². The van der Waals surface area contributed by atoms with Gasteiger partial charge in [-0.25, -0.2) is 0 Å². The normalized spacial score (nSPS) is 17.5. The van der Waals surface area contributed by atoms with Crippen molar-refractivity contribution in [3.05, 3.63) is 31.9 Å². The van der Waals surface area contributed by atoms with Gasteiger partial charge in [-0.05, 0) is 51.7 Å². The Morgan fingerprint density at radius 3 is 2.49 bits per heavy atom. The molecule has 37 heavy (non-hydrogen) atoms. The second-order valence-corrected chi connectivity index (χ2v) is 11.0. The van der Waals surface area contributed by atoms with Crippen molar-refractivity contribution < 1.29 is 14.3 Å². The second kappa shape index (κ2) is 13.2. The molecule has 1 aromatic rings. The number of hydrogen-bond acceptors (Lipinski definition) is 8. The summed E-state index contributed by atoms with van der Waals surface area (Å²) in [5, 5.41) is 9.78. The van der Waals surface area contributed by atoms with Crippen LogP contribution in [0.3, 0.4) is 0 Å². The number of piperidine rings is 1. The van der Waals surface area contributed by atoms with E-state index in [0.717, 1.165) is 25.7 Å². The molecule has 0 aliphatic carbocycles. The third-order valence-electron chi connectivity index (χ3n) is 6.96. The summed E-state index contributed by atoms with van der Waals surface area (Å²) in [5.41, 5.74) is 0.964. The number of unbranched alkanes of at least 4 members (excludes halogenated alkanes) is 3. The first-order valence-corrected chi connectivity index (χ1v) is 14.4. The molecule has 0 bridgehead atoms. The molecule has 0 saturated carbocycles. The Balaban J connectivity index is 2.00. The molecule has 2 aliphatic heterocycles. The molecule has 8 nitrogen and oxygen atoms in total. The highest BCUT2D eigenvalue weighted by molar-refractivity contribution is 8.26. The number of thiocarbonyl (C=S) groups is 1. The van der Waals surface area contributed by atoms with E-state index in [1.54, 1.807) is 29.4 Å². The van der Waals surface area contributed by atoms with Crippen LogP contribution < -0.4 is 10.5 Å². The van der Waals surface area contributed by atoms with Gasteiger partial charge in [0.1, 0.15) is 21.8 Å². The van der Waals surface area contributed by atoms with Crippen molar-refractivity contribution in [1.82, 2.24) is 9.47 Å². The maximum Gasteiger partial charge on any atom is 0.309 e. The van der Waals surface area contributed by atoms with Gasteiger partial charge in [-0.1, -0.05) is 50.2 Å². The van der Waals surface area contributed by atoms with Crippen molar-refractivity contribution in [1.29, 1.82) is 5.26 Å². The maximum atomic E-state index is 13.3. The Morgan fingerprint density at radius 1 is 1.19 bits per heavy atom. The van der Waals surface area contributed by atoms with Crippen LogP contribution in [0.2, 0.25) is 0 Å². The monoisotopic (exact) mass is 544 g/mol. The molecule has 3 heterocycles. The highest BCUT2D eigenvalue weighted by Crippen LogP contribution is 2.37. The fourth-order valence-electron chi connectivity index (χ4n) is 4.89. The van der Waals surface area contributed by atoms with Gasteiger partial charge in [0, 0.05) is 31.7 Å². The van der Waals surface area contributed by atoms with E-state index in [1.807, 2.05) is 6.92 Å². The highest BCUT2D eigenvalue weighted by Gasteiger charge is 2.34. The topological polar surface area (TPSA) is 95.6 Å². The summed E-state index contributed by atoms with van der Waals surface area (Å²) in [7, 11) is 0. The van der Waals surface area contributed by atoms with Gasteiger partial charge in [0.2, 0.25) is 0 Å². The van der Waals surface area contributed by atoms with Crippen LogP contribution in [0.5, 0.6) is 0 Å². The highest BCUT2D eigenvalue weighted by atomic mass is 32.2. The minimum Gasteiger partial charge on any atom is -0.466 e. The number of nitriles is 1. The summed E-state index contributed by atoms with van der Waals surface area (Å²) < 4.78 is 7.34. The molecule has 2 fully saturated rings. The molecule has 0 N–H and O–H groups in total. The number of esters is 1. The molecule has 0 unspecified atom stereocenters. The van der Waals surface area contributed by atoms with E-state index in [0.29, 0.717) is 71.8 Å². The summed E-state index contributed by atoms with van der Waals surface area (Å²) in [6.45, 7) is 10.0. The molecule has 10 heteroatoms. The zero-order valence-electron chi connectivity index (χ0n) is 22.2. The molecule has 2 saturated heterocycles. The van der Waals surface area contributed by atoms with E-state index >= 15 is 0 Å². The summed E-state index contributed by atoms with van der Waals surface area (Å²) in [4.78, 5) is 43.0. The van der Waals surface area contributed by atoms with Crippen LogP contribution in [-0.4, -0.2) is 51.9 Å². The van der Waals surface area contributed by atoms with E-state index in [1.165, 1.54) is 11.8 Å². The summed E-state index contributed by atoms with van der Waals surface area (Å²) >= 11 is 6.79. The van der Waals surface area contributed by atoms with E-state index in [-0.39, 0.29) is 28.9 Å². The van der Waals surface area contributed by atoms with Gasteiger partial charge in [0.05, 0.1) is 17.4 Å². The van der Waals surface area contributed by atoms with Crippen LogP contribution >= 0.6 is 24.0 Å². The fourth-order valence-corrected chi connectivity index (χ4v) is 6.18. The molecule has 0 radical (unpaired) electrons. The molecule has 0 aromatic carbocycles. The molecule has 2 aliphatic rings. The molecule has 200 valence electrons. The molecule has 1 amide bonds. The molecule has 0 atom stereocenters. The van der Waals surface area contributed by atoms with Gasteiger partial charge in [0.25, 0.3) is 11.5 Å². The molecular formula is C27H36N4O4S2. The van der Waals surface area contributed by atoms with Crippen molar-refractivity contribution in [3.63, 3.8) is 0 Å².